The highest BCUT2D eigenvalue weighted by Gasteiger charge is 2.11. The molecule has 0 spiro atoms. The van der Waals surface area contributed by atoms with Gasteiger partial charge in [-0.3, -0.25) is 4.79 Å². The number of aryl methyl sites for hydroxylation is 1. The number of aromatic nitrogens is 2. The Bertz CT molecular complexity index is 980. The molecule has 0 radical (unpaired) electrons. The Balaban J connectivity index is 1.51. The molecule has 0 unspecified atom stereocenters. The summed E-state index contributed by atoms with van der Waals surface area (Å²) < 4.78 is 27.2. The second-order valence-electron chi connectivity index (χ2n) is 5.58. The molecule has 0 bridgehead atoms. The van der Waals surface area contributed by atoms with E-state index in [1.165, 1.54) is 0 Å². The van der Waals surface area contributed by atoms with Gasteiger partial charge in [-0.1, -0.05) is 17.3 Å². The van der Waals surface area contributed by atoms with Crippen molar-refractivity contribution < 1.29 is 17.7 Å². The van der Waals surface area contributed by atoms with Crippen molar-refractivity contribution in [2.75, 3.05) is 5.32 Å². The Morgan fingerprint density at radius 3 is 2.65 bits per heavy atom. The number of rotatable bonds is 7. The minimum absolute atomic E-state index is 0.185. The number of thiophene rings is 1. The zero-order valence-corrected chi connectivity index (χ0v) is 15.2. The molecular weight excluding hydrogens is 376 g/mol. The highest BCUT2D eigenvalue weighted by molar-refractivity contribution is 7.88. The summed E-state index contributed by atoms with van der Waals surface area (Å²) in [4.78, 5) is 16.3. The fraction of sp³-hybridized carbons (Fsp3) is 0.188. The van der Waals surface area contributed by atoms with Crippen molar-refractivity contribution in [1.82, 2.24) is 10.1 Å². The molecule has 0 atom stereocenters. The van der Waals surface area contributed by atoms with E-state index in [9.17, 15) is 13.2 Å². The van der Waals surface area contributed by atoms with Gasteiger partial charge < -0.3 is 9.84 Å². The van der Waals surface area contributed by atoms with Crippen LogP contribution in [0.2, 0.25) is 0 Å². The number of sulfonamides is 1. The van der Waals surface area contributed by atoms with Gasteiger partial charge >= 0.3 is 0 Å². The number of nitrogens with two attached hydrogens (primary N) is 1. The Kier molecular flexibility index (Phi) is 5.45. The van der Waals surface area contributed by atoms with Gasteiger partial charge in [-0.25, -0.2) is 13.6 Å². The van der Waals surface area contributed by atoms with Gasteiger partial charge in [0.1, 0.15) is 0 Å². The Morgan fingerprint density at radius 1 is 1.23 bits per heavy atom. The summed E-state index contributed by atoms with van der Waals surface area (Å²) in [6, 6.07) is 8.35. The van der Waals surface area contributed by atoms with E-state index in [1.54, 1.807) is 35.6 Å². The molecule has 8 nitrogen and oxygen atoms in total. The van der Waals surface area contributed by atoms with Crippen LogP contribution in [0.3, 0.4) is 0 Å². The van der Waals surface area contributed by atoms with E-state index < -0.39 is 10.0 Å². The van der Waals surface area contributed by atoms with Gasteiger partial charge in [0.2, 0.25) is 27.6 Å². The standard InChI is InChI=1S/C16H16N4O4S2/c17-26(22,23)10-11-1-3-13(4-2-11)18-14(21)5-6-15-19-16(20-24-15)12-7-8-25-9-12/h1-4,7-9H,5-6,10H2,(H,18,21)(H2,17,22,23). The van der Waals surface area contributed by atoms with E-state index in [4.69, 9.17) is 9.66 Å². The fourth-order valence-electron chi connectivity index (χ4n) is 2.23. The lowest BCUT2D eigenvalue weighted by Gasteiger charge is -2.05. The second kappa shape index (κ2) is 7.77. The normalized spacial score (nSPS) is 11.4. The maximum Gasteiger partial charge on any atom is 0.227 e. The molecular formula is C16H16N4O4S2. The van der Waals surface area contributed by atoms with Crippen molar-refractivity contribution in [2.24, 2.45) is 5.14 Å². The number of carbonyl (C=O) groups is 1. The molecule has 0 fully saturated rings. The van der Waals surface area contributed by atoms with Crippen LogP contribution in [-0.2, 0) is 27.0 Å². The summed E-state index contributed by atoms with van der Waals surface area (Å²) in [5.74, 6) is 0.446. The van der Waals surface area contributed by atoms with Crippen LogP contribution < -0.4 is 10.5 Å². The first-order valence-electron chi connectivity index (χ1n) is 7.63. The molecule has 0 saturated carbocycles. The molecule has 0 aliphatic rings. The lowest BCUT2D eigenvalue weighted by Crippen LogP contribution is -2.15. The summed E-state index contributed by atoms with van der Waals surface area (Å²) in [5, 5.41) is 15.5. The molecule has 3 rings (SSSR count). The molecule has 0 saturated heterocycles. The second-order valence-corrected chi connectivity index (χ2v) is 7.97. The van der Waals surface area contributed by atoms with Crippen LogP contribution in [0, 0.1) is 0 Å². The number of carbonyl (C=O) groups excluding carboxylic acids is 1. The van der Waals surface area contributed by atoms with Crippen molar-refractivity contribution in [1.29, 1.82) is 0 Å². The number of amides is 1. The molecule has 136 valence electrons. The molecule has 26 heavy (non-hydrogen) atoms. The molecule has 2 heterocycles. The van der Waals surface area contributed by atoms with Crippen LogP contribution in [-0.4, -0.2) is 24.5 Å². The number of anilines is 1. The molecule has 0 aliphatic heterocycles. The molecule has 2 aromatic heterocycles. The molecule has 3 aromatic rings. The highest BCUT2D eigenvalue weighted by atomic mass is 32.2. The van der Waals surface area contributed by atoms with Crippen molar-refractivity contribution >= 4 is 33.0 Å². The van der Waals surface area contributed by atoms with Gasteiger partial charge in [0.25, 0.3) is 0 Å². The zero-order chi connectivity index (χ0) is 18.6. The van der Waals surface area contributed by atoms with Crippen molar-refractivity contribution in [3.8, 4) is 11.4 Å². The summed E-state index contributed by atoms with van der Waals surface area (Å²) >= 11 is 1.54. The smallest absolute Gasteiger partial charge is 0.227 e. The van der Waals surface area contributed by atoms with Crippen LogP contribution >= 0.6 is 11.3 Å². The minimum atomic E-state index is -3.58. The average molecular weight is 392 g/mol. The topological polar surface area (TPSA) is 128 Å². The van der Waals surface area contributed by atoms with Gasteiger partial charge in [-0.15, -0.1) is 0 Å². The highest BCUT2D eigenvalue weighted by Crippen LogP contribution is 2.19. The first kappa shape index (κ1) is 18.2. The quantitative estimate of drug-likeness (QED) is 0.634. The van der Waals surface area contributed by atoms with Crippen molar-refractivity contribution in [2.45, 2.75) is 18.6 Å². The van der Waals surface area contributed by atoms with E-state index in [0.717, 1.165) is 5.56 Å². The molecule has 3 N–H and O–H groups in total. The van der Waals surface area contributed by atoms with Gasteiger partial charge in [0.15, 0.2) is 0 Å². The number of hydrogen-bond donors (Lipinski definition) is 2. The van der Waals surface area contributed by atoms with E-state index in [1.807, 2.05) is 16.8 Å². The summed E-state index contributed by atoms with van der Waals surface area (Å²) in [7, 11) is -3.58. The van der Waals surface area contributed by atoms with Crippen LogP contribution in [0.25, 0.3) is 11.4 Å². The molecule has 10 heteroatoms. The van der Waals surface area contributed by atoms with Crippen LogP contribution in [0.1, 0.15) is 17.9 Å². The SMILES string of the molecule is NS(=O)(=O)Cc1ccc(NC(=O)CCc2nc(-c3ccsc3)no2)cc1. The van der Waals surface area contributed by atoms with E-state index in [-0.39, 0.29) is 18.1 Å². The van der Waals surface area contributed by atoms with Gasteiger partial charge in [-0.2, -0.15) is 16.3 Å². The third kappa shape index (κ3) is 5.22. The largest absolute Gasteiger partial charge is 0.339 e. The van der Waals surface area contributed by atoms with E-state index in [0.29, 0.717) is 29.4 Å². The van der Waals surface area contributed by atoms with E-state index >= 15 is 0 Å². The number of nitrogens with zero attached hydrogens (tertiary/aromatic N) is 2. The monoisotopic (exact) mass is 392 g/mol. The predicted octanol–water partition coefficient (Wildman–Crippen LogP) is 2.16. The summed E-state index contributed by atoms with van der Waals surface area (Å²) in [6.45, 7) is 0. The minimum Gasteiger partial charge on any atom is -0.339 e. The fourth-order valence-corrected chi connectivity index (χ4v) is 3.52. The Labute approximate surface area is 154 Å². The van der Waals surface area contributed by atoms with Crippen LogP contribution in [0.5, 0.6) is 0 Å². The van der Waals surface area contributed by atoms with Crippen molar-refractivity contribution in [3.63, 3.8) is 0 Å². The molecule has 0 aliphatic carbocycles. The zero-order valence-electron chi connectivity index (χ0n) is 13.6. The Hall–Kier alpha value is -2.56. The number of nitrogens with one attached hydrogen (secondary N) is 1. The third-order valence-corrected chi connectivity index (χ3v) is 4.84. The van der Waals surface area contributed by atoms with E-state index in [2.05, 4.69) is 15.5 Å². The van der Waals surface area contributed by atoms with Gasteiger partial charge in [-0.05, 0) is 29.1 Å². The number of primary sulfonamides is 1. The summed E-state index contributed by atoms with van der Waals surface area (Å²) in [5.41, 5.74) is 2.00. The maximum atomic E-state index is 12.0. The average Bonchev–Trinajstić information content (AvgIpc) is 3.24. The first-order valence-corrected chi connectivity index (χ1v) is 10.3. The lowest BCUT2D eigenvalue weighted by molar-refractivity contribution is -0.116. The van der Waals surface area contributed by atoms with Crippen molar-refractivity contribution in [3.05, 3.63) is 52.5 Å². The predicted molar refractivity (Wildman–Crippen MR) is 97.8 cm³/mol. The molecule has 1 aromatic carbocycles. The van der Waals surface area contributed by atoms with Gasteiger partial charge in [0.05, 0.1) is 5.75 Å². The number of hydrogen-bond acceptors (Lipinski definition) is 7. The van der Waals surface area contributed by atoms with Crippen LogP contribution in [0.4, 0.5) is 5.69 Å². The third-order valence-electron chi connectivity index (χ3n) is 3.42. The first-order chi connectivity index (χ1) is 12.4. The Morgan fingerprint density at radius 2 is 2.00 bits per heavy atom. The lowest BCUT2D eigenvalue weighted by atomic mass is 10.2. The maximum absolute atomic E-state index is 12.0. The van der Waals surface area contributed by atoms with Crippen LogP contribution in [0.15, 0.2) is 45.6 Å². The van der Waals surface area contributed by atoms with Gasteiger partial charge in [0, 0.05) is 29.5 Å². The number of benzene rings is 1. The molecule has 1 amide bonds. The summed E-state index contributed by atoms with van der Waals surface area (Å²) in [6.07, 6.45) is 0.511.